The molecule has 39 heavy (non-hydrogen) atoms. The average Bonchev–Trinajstić information content (AvgIpc) is 3.64. The third-order valence-corrected chi connectivity index (χ3v) is 7.81. The number of furan rings is 1. The summed E-state index contributed by atoms with van der Waals surface area (Å²) in [5.74, 6) is 0. The molecule has 0 atom stereocenters. The summed E-state index contributed by atoms with van der Waals surface area (Å²) in [6.07, 6.45) is 3.71. The highest BCUT2D eigenvalue weighted by Gasteiger charge is 2.17. The molecule has 0 spiro atoms. The van der Waals surface area contributed by atoms with Gasteiger partial charge in [-0.3, -0.25) is 9.97 Å². The lowest BCUT2D eigenvalue weighted by atomic mass is 10.1. The Kier molecular flexibility index (Phi) is 3.99. The highest BCUT2D eigenvalue weighted by molar-refractivity contribution is 6.10. The minimum Gasteiger partial charge on any atom is -0.456 e. The molecule has 0 bridgehead atoms. The number of hydrogen-bond donors (Lipinski definition) is 0. The predicted octanol–water partition coefficient (Wildman–Crippen LogP) is 8.57. The van der Waals surface area contributed by atoms with Crippen molar-refractivity contribution in [1.82, 2.24) is 19.1 Å². The molecule has 9 aromatic rings. The number of aromatic nitrogens is 4. The lowest BCUT2D eigenvalue weighted by molar-refractivity contribution is 0.668. The van der Waals surface area contributed by atoms with Crippen LogP contribution >= 0.6 is 0 Å². The minimum absolute atomic E-state index is 0.860. The molecule has 5 heteroatoms. The molecule has 4 aromatic carbocycles. The van der Waals surface area contributed by atoms with Crippen molar-refractivity contribution in [2.24, 2.45) is 0 Å². The van der Waals surface area contributed by atoms with Crippen LogP contribution in [0.2, 0.25) is 0 Å². The maximum atomic E-state index is 6.52. The van der Waals surface area contributed by atoms with E-state index < -0.39 is 0 Å². The van der Waals surface area contributed by atoms with Crippen molar-refractivity contribution in [3.05, 3.63) is 122 Å². The summed E-state index contributed by atoms with van der Waals surface area (Å²) in [4.78, 5) is 9.36. The highest BCUT2D eigenvalue weighted by Crippen LogP contribution is 2.37. The topological polar surface area (TPSA) is 48.8 Å². The van der Waals surface area contributed by atoms with Crippen LogP contribution < -0.4 is 0 Å². The molecule has 0 N–H and O–H groups in total. The summed E-state index contributed by atoms with van der Waals surface area (Å²) >= 11 is 0. The van der Waals surface area contributed by atoms with Crippen LogP contribution in [0.15, 0.2) is 126 Å². The Balaban J connectivity index is 1.27. The van der Waals surface area contributed by atoms with E-state index in [0.29, 0.717) is 0 Å². The summed E-state index contributed by atoms with van der Waals surface area (Å²) in [7, 11) is 0. The second-order valence-electron chi connectivity index (χ2n) is 9.91. The van der Waals surface area contributed by atoms with E-state index in [9.17, 15) is 0 Å². The van der Waals surface area contributed by atoms with Crippen LogP contribution in [0.1, 0.15) is 0 Å². The van der Waals surface area contributed by atoms with Gasteiger partial charge < -0.3 is 13.6 Å². The first-order chi connectivity index (χ1) is 19.3. The quantitative estimate of drug-likeness (QED) is 0.239. The Morgan fingerprint density at radius 1 is 0.436 bits per heavy atom. The Labute approximate surface area is 222 Å². The molecule has 0 saturated heterocycles. The van der Waals surface area contributed by atoms with Crippen molar-refractivity contribution in [2.75, 3.05) is 0 Å². The number of fused-ring (bicyclic) bond motifs is 9. The van der Waals surface area contributed by atoms with Gasteiger partial charge in [0.15, 0.2) is 0 Å². The monoisotopic (exact) mass is 500 g/mol. The Morgan fingerprint density at radius 3 is 1.41 bits per heavy atom. The van der Waals surface area contributed by atoms with Crippen molar-refractivity contribution in [3.63, 3.8) is 0 Å². The molecule has 0 aliphatic carbocycles. The third-order valence-electron chi connectivity index (χ3n) is 7.81. The second-order valence-corrected chi connectivity index (χ2v) is 9.91. The molecule has 0 fully saturated rings. The lowest BCUT2D eigenvalue weighted by Crippen LogP contribution is -1.93. The van der Waals surface area contributed by atoms with Crippen LogP contribution in [0.4, 0.5) is 0 Å². The predicted molar refractivity (Wildman–Crippen MR) is 158 cm³/mol. The van der Waals surface area contributed by atoms with Crippen molar-refractivity contribution in [3.8, 4) is 11.4 Å². The first-order valence-corrected chi connectivity index (χ1v) is 13.0. The minimum atomic E-state index is 0.860. The molecule has 0 aliphatic heterocycles. The van der Waals surface area contributed by atoms with E-state index in [1.807, 2.05) is 24.5 Å². The number of benzene rings is 4. The van der Waals surface area contributed by atoms with Crippen molar-refractivity contribution < 1.29 is 4.42 Å². The van der Waals surface area contributed by atoms with Gasteiger partial charge in [-0.1, -0.05) is 36.4 Å². The number of rotatable bonds is 2. The molecular formula is C34H20N4O. The molecule has 5 heterocycles. The zero-order valence-corrected chi connectivity index (χ0v) is 20.7. The zero-order chi connectivity index (χ0) is 25.5. The molecular weight excluding hydrogens is 480 g/mol. The fourth-order valence-electron chi connectivity index (χ4n) is 6.16. The largest absolute Gasteiger partial charge is 0.456 e. The summed E-state index contributed by atoms with van der Waals surface area (Å²) in [6, 6.07) is 38.0. The Bertz CT molecular complexity index is 2130. The van der Waals surface area contributed by atoms with E-state index in [0.717, 1.165) is 77.2 Å². The van der Waals surface area contributed by atoms with Gasteiger partial charge in [0, 0.05) is 57.4 Å². The average molecular weight is 501 g/mol. The maximum Gasteiger partial charge on any atom is 0.137 e. The molecule has 0 amide bonds. The number of para-hydroxylation sites is 2. The SMILES string of the molecule is c1ccc2c(c1)c1ncccc1n2-c1ccc2c(c1)oc1cc(-n3c4ccccc4c4ncccc43)ccc12. The first kappa shape index (κ1) is 20.6. The van der Waals surface area contributed by atoms with Crippen LogP contribution in [0.25, 0.3) is 77.2 Å². The Morgan fingerprint density at radius 2 is 0.897 bits per heavy atom. The van der Waals surface area contributed by atoms with Crippen LogP contribution in [0.5, 0.6) is 0 Å². The van der Waals surface area contributed by atoms with Gasteiger partial charge in [0.25, 0.3) is 0 Å². The summed E-state index contributed by atoms with van der Waals surface area (Å²) in [5, 5.41) is 4.48. The van der Waals surface area contributed by atoms with Gasteiger partial charge >= 0.3 is 0 Å². The molecule has 182 valence electrons. The summed E-state index contributed by atoms with van der Waals surface area (Å²) < 4.78 is 11.0. The third kappa shape index (κ3) is 2.79. The van der Waals surface area contributed by atoms with Gasteiger partial charge in [0.2, 0.25) is 0 Å². The molecule has 0 unspecified atom stereocenters. The molecule has 0 saturated carbocycles. The van der Waals surface area contributed by atoms with E-state index in [-0.39, 0.29) is 0 Å². The first-order valence-electron chi connectivity index (χ1n) is 13.0. The van der Waals surface area contributed by atoms with E-state index in [2.05, 4.69) is 116 Å². The van der Waals surface area contributed by atoms with Gasteiger partial charge in [-0.25, -0.2) is 0 Å². The normalized spacial score (nSPS) is 12.1. The van der Waals surface area contributed by atoms with E-state index in [4.69, 9.17) is 4.42 Å². The van der Waals surface area contributed by atoms with Crippen molar-refractivity contribution in [2.45, 2.75) is 0 Å². The van der Waals surface area contributed by atoms with Gasteiger partial charge in [-0.15, -0.1) is 0 Å². The molecule has 5 aromatic heterocycles. The fraction of sp³-hybridized carbons (Fsp3) is 0. The van der Waals surface area contributed by atoms with E-state index >= 15 is 0 Å². The van der Waals surface area contributed by atoms with Crippen LogP contribution in [0, 0.1) is 0 Å². The smallest absolute Gasteiger partial charge is 0.137 e. The van der Waals surface area contributed by atoms with E-state index in [1.54, 1.807) is 0 Å². The Hall–Kier alpha value is -5.42. The molecule has 9 rings (SSSR count). The number of nitrogens with zero attached hydrogens (tertiary/aromatic N) is 4. The van der Waals surface area contributed by atoms with Crippen molar-refractivity contribution >= 4 is 65.8 Å². The summed E-state index contributed by atoms with van der Waals surface area (Å²) in [6.45, 7) is 0. The number of pyridine rings is 2. The van der Waals surface area contributed by atoms with Crippen LogP contribution in [-0.2, 0) is 0 Å². The maximum absolute atomic E-state index is 6.52. The van der Waals surface area contributed by atoms with Gasteiger partial charge in [0.1, 0.15) is 11.2 Å². The van der Waals surface area contributed by atoms with Crippen LogP contribution in [-0.4, -0.2) is 19.1 Å². The van der Waals surface area contributed by atoms with Gasteiger partial charge in [0.05, 0.1) is 33.1 Å². The van der Waals surface area contributed by atoms with Gasteiger partial charge in [-0.2, -0.15) is 0 Å². The summed E-state index contributed by atoms with van der Waals surface area (Å²) in [5.41, 5.74) is 10.2. The number of hydrogen-bond acceptors (Lipinski definition) is 3. The molecule has 0 radical (unpaired) electrons. The lowest BCUT2D eigenvalue weighted by Gasteiger charge is -2.07. The highest BCUT2D eigenvalue weighted by atomic mass is 16.3. The zero-order valence-electron chi connectivity index (χ0n) is 20.7. The second kappa shape index (κ2) is 7.55. The fourth-order valence-corrected chi connectivity index (χ4v) is 6.16. The molecule has 5 nitrogen and oxygen atoms in total. The van der Waals surface area contributed by atoms with Crippen molar-refractivity contribution in [1.29, 1.82) is 0 Å². The molecule has 0 aliphatic rings. The standard InChI is InChI=1S/C34H20N4O/c1-3-9-27-25(7-1)33-29(11-5-17-35-33)37(27)21-13-15-23-24-16-14-22(20-32(24)39-31(23)19-21)38-28-10-4-2-8-26(28)34-30(38)12-6-18-36-34/h1-20H. The van der Waals surface area contributed by atoms with E-state index in [1.165, 1.54) is 0 Å². The van der Waals surface area contributed by atoms with Gasteiger partial charge in [-0.05, 0) is 60.7 Å². The van der Waals surface area contributed by atoms with Crippen LogP contribution in [0.3, 0.4) is 0 Å².